The minimum atomic E-state index is -0.362. The Kier molecular flexibility index (Phi) is 4.89. The largest absolute Gasteiger partial charge is 0.453 e. The fourth-order valence-corrected chi connectivity index (χ4v) is 3.06. The first-order valence-electron chi connectivity index (χ1n) is 7.85. The van der Waals surface area contributed by atoms with Crippen molar-refractivity contribution in [1.82, 2.24) is 19.6 Å². The number of halogens is 1. The SMILES string of the molecule is COC(=O)N1CCCCC(NC(=O)c2cn3cc(Cl)ccc3n2)C1. The fraction of sp³-hybridized carbons (Fsp3) is 0.438. The van der Waals surface area contributed by atoms with E-state index in [0.717, 1.165) is 19.3 Å². The van der Waals surface area contributed by atoms with Crippen molar-refractivity contribution in [2.75, 3.05) is 20.2 Å². The maximum absolute atomic E-state index is 12.5. The molecule has 3 rings (SSSR count). The van der Waals surface area contributed by atoms with Crippen LogP contribution in [0.2, 0.25) is 5.02 Å². The van der Waals surface area contributed by atoms with Crippen molar-refractivity contribution in [2.45, 2.75) is 25.3 Å². The summed E-state index contributed by atoms with van der Waals surface area (Å²) in [5.41, 5.74) is 0.979. The van der Waals surface area contributed by atoms with Crippen molar-refractivity contribution in [1.29, 1.82) is 0 Å². The molecule has 0 aromatic carbocycles. The van der Waals surface area contributed by atoms with Gasteiger partial charge in [-0.05, 0) is 31.4 Å². The molecule has 1 unspecified atom stereocenters. The van der Waals surface area contributed by atoms with Gasteiger partial charge in [-0.15, -0.1) is 0 Å². The quantitative estimate of drug-likeness (QED) is 0.902. The van der Waals surface area contributed by atoms with Gasteiger partial charge in [0, 0.05) is 31.5 Å². The van der Waals surface area contributed by atoms with Crippen LogP contribution in [0.25, 0.3) is 5.65 Å². The molecule has 2 aromatic heterocycles. The lowest BCUT2D eigenvalue weighted by Gasteiger charge is -2.23. The van der Waals surface area contributed by atoms with Gasteiger partial charge in [0.1, 0.15) is 11.3 Å². The van der Waals surface area contributed by atoms with Crippen LogP contribution in [0.3, 0.4) is 0 Å². The summed E-state index contributed by atoms with van der Waals surface area (Å²) in [6.07, 6.45) is 5.64. The summed E-state index contributed by atoms with van der Waals surface area (Å²) in [5.74, 6) is -0.258. The normalized spacial score (nSPS) is 18.2. The molecule has 3 heterocycles. The summed E-state index contributed by atoms with van der Waals surface area (Å²) in [6, 6.07) is 3.36. The monoisotopic (exact) mass is 350 g/mol. The lowest BCUT2D eigenvalue weighted by Crippen LogP contribution is -2.44. The average Bonchev–Trinajstić information content (AvgIpc) is 2.85. The van der Waals surface area contributed by atoms with Gasteiger partial charge in [-0.2, -0.15) is 0 Å². The molecule has 0 spiro atoms. The van der Waals surface area contributed by atoms with Crippen LogP contribution in [-0.4, -0.2) is 52.5 Å². The Morgan fingerprint density at radius 1 is 1.33 bits per heavy atom. The zero-order valence-corrected chi connectivity index (χ0v) is 14.1. The average molecular weight is 351 g/mol. The smallest absolute Gasteiger partial charge is 0.409 e. The summed E-state index contributed by atoms with van der Waals surface area (Å²) >= 11 is 5.94. The number of nitrogens with one attached hydrogen (secondary N) is 1. The molecule has 1 aliphatic rings. The van der Waals surface area contributed by atoms with Crippen molar-refractivity contribution in [3.8, 4) is 0 Å². The number of carbonyl (C=O) groups excluding carboxylic acids is 2. The minimum Gasteiger partial charge on any atom is -0.453 e. The maximum Gasteiger partial charge on any atom is 0.409 e. The highest BCUT2D eigenvalue weighted by molar-refractivity contribution is 6.30. The molecule has 24 heavy (non-hydrogen) atoms. The second-order valence-electron chi connectivity index (χ2n) is 5.82. The number of pyridine rings is 1. The number of rotatable bonds is 2. The molecule has 0 aliphatic carbocycles. The van der Waals surface area contributed by atoms with Crippen molar-refractivity contribution < 1.29 is 14.3 Å². The Hall–Kier alpha value is -2.28. The Morgan fingerprint density at radius 3 is 2.96 bits per heavy atom. The topological polar surface area (TPSA) is 75.9 Å². The lowest BCUT2D eigenvalue weighted by atomic mass is 10.1. The van der Waals surface area contributed by atoms with Crippen LogP contribution in [0, 0.1) is 0 Å². The molecule has 0 radical (unpaired) electrons. The molecular formula is C16H19ClN4O3. The van der Waals surface area contributed by atoms with Gasteiger partial charge in [0.05, 0.1) is 12.1 Å². The predicted octanol–water partition coefficient (Wildman–Crippen LogP) is 2.34. The highest BCUT2D eigenvalue weighted by atomic mass is 35.5. The summed E-state index contributed by atoms with van der Waals surface area (Å²) in [6.45, 7) is 1.09. The van der Waals surface area contributed by atoms with E-state index in [4.69, 9.17) is 16.3 Å². The van der Waals surface area contributed by atoms with Crippen LogP contribution in [0.5, 0.6) is 0 Å². The van der Waals surface area contributed by atoms with E-state index in [1.54, 1.807) is 33.8 Å². The van der Waals surface area contributed by atoms with Crippen molar-refractivity contribution >= 4 is 29.2 Å². The number of likely N-dealkylation sites (tertiary alicyclic amines) is 1. The van der Waals surface area contributed by atoms with E-state index in [2.05, 4.69) is 10.3 Å². The van der Waals surface area contributed by atoms with Crippen LogP contribution in [0.1, 0.15) is 29.8 Å². The zero-order chi connectivity index (χ0) is 17.1. The molecule has 2 amide bonds. The summed E-state index contributed by atoms with van der Waals surface area (Å²) in [7, 11) is 1.36. The molecule has 128 valence electrons. The zero-order valence-electron chi connectivity index (χ0n) is 13.4. The number of methoxy groups -OCH3 is 1. The van der Waals surface area contributed by atoms with Crippen LogP contribution in [-0.2, 0) is 4.74 Å². The number of amides is 2. The Bertz CT molecular complexity index is 761. The van der Waals surface area contributed by atoms with Crippen LogP contribution in [0.4, 0.5) is 4.79 Å². The number of fused-ring (bicyclic) bond motifs is 1. The molecule has 1 saturated heterocycles. The van der Waals surface area contributed by atoms with Gasteiger partial charge in [-0.3, -0.25) is 4.79 Å². The highest BCUT2D eigenvalue weighted by Crippen LogP contribution is 2.14. The van der Waals surface area contributed by atoms with Gasteiger partial charge < -0.3 is 19.4 Å². The van der Waals surface area contributed by atoms with Gasteiger partial charge in [-0.1, -0.05) is 11.6 Å². The molecule has 1 aliphatic heterocycles. The van der Waals surface area contributed by atoms with E-state index in [0.29, 0.717) is 29.5 Å². The van der Waals surface area contributed by atoms with Gasteiger partial charge >= 0.3 is 6.09 Å². The van der Waals surface area contributed by atoms with Crippen LogP contribution in [0.15, 0.2) is 24.5 Å². The number of hydrogen-bond donors (Lipinski definition) is 1. The molecule has 8 heteroatoms. The Balaban J connectivity index is 1.71. The van der Waals surface area contributed by atoms with E-state index < -0.39 is 0 Å². The first-order valence-corrected chi connectivity index (χ1v) is 8.22. The first kappa shape index (κ1) is 16.6. The molecule has 0 saturated carbocycles. The van der Waals surface area contributed by atoms with E-state index in [1.807, 2.05) is 0 Å². The summed E-state index contributed by atoms with van der Waals surface area (Å²) in [5, 5.41) is 3.54. The number of ether oxygens (including phenoxy) is 1. The maximum atomic E-state index is 12.5. The summed E-state index contributed by atoms with van der Waals surface area (Å²) < 4.78 is 6.49. The van der Waals surface area contributed by atoms with Gasteiger partial charge in [0.2, 0.25) is 0 Å². The number of imidazole rings is 1. The molecule has 1 N–H and O–H groups in total. The minimum absolute atomic E-state index is 0.118. The Morgan fingerprint density at radius 2 is 2.17 bits per heavy atom. The number of carbonyl (C=O) groups is 2. The second-order valence-corrected chi connectivity index (χ2v) is 6.26. The third kappa shape index (κ3) is 3.62. The lowest BCUT2D eigenvalue weighted by molar-refractivity contribution is 0.0909. The van der Waals surface area contributed by atoms with E-state index >= 15 is 0 Å². The van der Waals surface area contributed by atoms with Crippen molar-refractivity contribution in [2.24, 2.45) is 0 Å². The third-order valence-corrected chi connectivity index (χ3v) is 4.31. The molecule has 7 nitrogen and oxygen atoms in total. The second kappa shape index (κ2) is 7.09. The Labute approximate surface area is 144 Å². The van der Waals surface area contributed by atoms with E-state index in [1.165, 1.54) is 7.11 Å². The first-order chi connectivity index (χ1) is 11.6. The fourth-order valence-electron chi connectivity index (χ4n) is 2.89. The molecule has 2 aromatic rings. The number of hydrogen-bond acceptors (Lipinski definition) is 4. The van der Waals surface area contributed by atoms with E-state index in [-0.39, 0.29) is 18.0 Å². The highest BCUT2D eigenvalue weighted by Gasteiger charge is 2.24. The van der Waals surface area contributed by atoms with Crippen LogP contribution < -0.4 is 5.32 Å². The van der Waals surface area contributed by atoms with E-state index in [9.17, 15) is 9.59 Å². The molecule has 0 bridgehead atoms. The summed E-state index contributed by atoms with van der Waals surface area (Å²) in [4.78, 5) is 30.1. The van der Waals surface area contributed by atoms with Crippen molar-refractivity contribution in [3.63, 3.8) is 0 Å². The van der Waals surface area contributed by atoms with Crippen LogP contribution >= 0.6 is 11.6 Å². The number of aromatic nitrogens is 2. The third-order valence-electron chi connectivity index (χ3n) is 4.09. The molecule has 1 atom stereocenters. The van der Waals surface area contributed by atoms with Crippen molar-refractivity contribution in [3.05, 3.63) is 35.2 Å². The van der Waals surface area contributed by atoms with Gasteiger partial charge in [-0.25, -0.2) is 9.78 Å². The van der Waals surface area contributed by atoms with Gasteiger partial charge in [0.15, 0.2) is 0 Å². The number of nitrogens with zero attached hydrogens (tertiary/aromatic N) is 3. The molecular weight excluding hydrogens is 332 g/mol. The molecule has 1 fully saturated rings. The predicted molar refractivity (Wildman–Crippen MR) is 89.3 cm³/mol. The van der Waals surface area contributed by atoms with Gasteiger partial charge in [0.25, 0.3) is 5.91 Å². The standard InChI is InChI=1S/C16H19ClN4O3/c1-24-16(23)20-7-3-2-4-12(9-20)18-15(22)13-10-21-8-11(17)5-6-14(21)19-13/h5-6,8,10,12H,2-4,7,9H2,1H3,(H,18,22).